The number of hydrogen-bond acceptors (Lipinski definition) is 1. The van der Waals surface area contributed by atoms with E-state index in [-0.39, 0.29) is 11.9 Å². The monoisotopic (exact) mass is 337 g/mol. The standard InChI is InChI=1S/C17H24BrNO/c1-12(2)13-8-10-14(11-9-13)17(20)19-16-7-5-3-4-6-15(16)18/h8-12,15-16H,3-7H2,1-2H3,(H,19,20). The molecule has 2 nitrogen and oxygen atoms in total. The Kier molecular flexibility index (Phi) is 5.64. The number of benzene rings is 1. The van der Waals surface area contributed by atoms with Crippen LogP contribution in [0.4, 0.5) is 0 Å². The van der Waals surface area contributed by atoms with Gasteiger partial charge in [0.2, 0.25) is 0 Å². The zero-order valence-corrected chi connectivity index (χ0v) is 13.9. The molecule has 0 bridgehead atoms. The summed E-state index contributed by atoms with van der Waals surface area (Å²) < 4.78 is 0. The summed E-state index contributed by atoms with van der Waals surface area (Å²) in [6, 6.07) is 8.24. The highest BCUT2D eigenvalue weighted by Crippen LogP contribution is 2.24. The number of hydrogen-bond donors (Lipinski definition) is 1. The second kappa shape index (κ2) is 7.26. The summed E-state index contributed by atoms with van der Waals surface area (Å²) >= 11 is 3.72. The number of nitrogens with one attached hydrogen (secondary N) is 1. The van der Waals surface area contributed by atoms with Crippen LogP contribution in [0.3, 0.4) is 0 Å². The molecular weight excluding hydrogens is 314 g/mol. The molecule has 0 spiro atoms. The first-order chi connectivity index (χ1) is 9.58. The summed E-state index contributed by atoms with van der Waals surface area (Å²) in [5.74, 6) is 0.553. The van der Waals surface area contributed by atoms with Crippen LogP contribution in [-0.4, -0.2) is 16.8 Å². The Morgan fingerprint density at radius 2 is 1.80 bits per heavy atom. The first-order valence-corrected chi connectivity index (χ1v) is 8.54. The number of carbonyl (C=O) groups is 1. The molecule has 0 saturated heterocycles. The predicted molar refractivity (Wildman–Crippen MR) is 87.6 cm³/mol. The molecule has 0 radical (unpaired) electrons. The summed E-state index contributed by atoms with van der Waals surface area (Å²) in [5.41, 5.74) is 2.03. The van der Waals surface area contributed by atoms with Gasteiger partial charge in [-0.2, -0.15) is 0 Å². The topological polar surface area (TPSA) is 29.1 Å². The fourth-order valence-electron chi connectivity index (χ4n) is 2.70. The van der Waals surface area contributed by atoms with Gasteiger partial charge in [0.05, 0.1) is 0 Å². The molecule has 1 fully saturated rings. The van der Waals surface area contributed by atoms with Crippen LogP contribution in [0.2, 0.25) is 0 Å². The Balaban J connectivity index is 1.99. The SMILES string of the molecule is CC(C)c1ccc(C(=O)NC2CCCCCC2Br)cc1. The van der Waals surface area contributed by atoms with E-state index >= 15 is 0 Å². The van der Waals surface area contributed by atoms with Crippen molar-refractivity contribution in [2.75, 3.05) is 0 Å². The van der Waals surface area contributed by atoms with E-state index in [1.165, 1.54) is 24.8 Å². The molecule has 0 aliphatic heterocycles. The lowest BCUT2D eigenvalue weighted by molar-refractivity contribution is 0.0935. The molecule has 2 atom stereocenters. The summed E-state index contributed by atoms with van der Waals surface area (Å²) in [5, 5.41) is 3.19. The van der Waals surface area contributed by atoms with Gasteiger partial charge in [0.25, 0.3) is 5.91 Å². The molecule has 1 aliphatic carbocycles. The molecule has 110 valence electrons. The summed E-state index contributed by atoms with van der Waals surface area (Å²) in [4.78, 5) is 12.7. The number of halogens is 1. The molecular formula is C17H24BrNO. The summed E-state index contributed by atoms with van der Waals surface area (Å²) in [7, 11) is 0. The van der Waals surface area contributed by atoms with Crippen LogP contribution in [0.25, 0.3) is 0 Å². The van der Waals surface area contributed by atoms with E-state index < -0.39 is 0 Å². The van der Waals surface area contributed by atoms with Crippen molar-refractivity contribution in [2.45, 2.75) is 62.7 Å². The Labute approximate surface area is 130 Å². The van der Waals surface area contributed by atoms with E-state index in [4.69, 9.17) is 0 Å². The van der Waals surface area contributed by atoms with Gasteiger partial charge in [0, 0.05) is 16.4 Å². The average Bonchev–Trinajstić information content (AvgIpc) is 2.64. The molecule has 1 aromatic rings. The van der Waals surface area contributed by atoms with Gasteiger partial charge in [-0.1, -0.05) is 61.2 Å². The van der Waals surface area contributed by atoms with Crippen molar-refractivity contribution in [3.05, 3.63) is 35.4 Å². The van der Waals surface area contributed by atoms with Gasteiger partial charge < -0.3 is 5.32 Å². The van der Waals surface area contributed by atoms with Gasteiger partial charge >= 0.3 is 0 Å². The third-order valence-corrected chi connectivity index (χ3v) is 5.18. The van der Waals surface area contributed by atoms with Crippen LogP contribution < -0.4 is 5.32 Å². The zero-order valence-electron chi connectivity index (χ0n) is 12.4. The fraction of sp³-hybridized carbons (Fsp3) is 0.588. The van der Waals surface area contributed by atoms with E-state index in [1.807, 2.05) is 12.1 Å². The molecule has 1 N–H and O–H groups in total. The number of amides is 1. The van der Waals surface area contributed by atoms with Crippen molar-refractivity contribution >= 4 is 21.8 Å². The van der Waals surface area contributed by atoms with E-state index in [0.29, 0.717) is 10.7 Å². The minimum atomic E-state index is 0.0525. The Bertz CT molecular complexity index is 441. The Morgan fingerprint density at radius 1 is 1.15 bits per heavy atom. The van der Waals surface area contributed by atoms with E-state index in [1.54, 1.807) is 0 Å². The highest BCUT2D eigenvalue weighted by Gasteiger charge is 2.23. The largest absolute Gasteiger partial charge is 0.348 e. The van der Waals surface area contributed by atoms with Crippen LogP contribution in [0.5, 0.6) is 0 Å². The molecule has 2 rings (SSSR count). The average molecular weight is 338 g/mol. The molecule has 1 amide bonds. The molecule has 20 heavy (non-hydrogen) atoms. The van der Waals surface area contributed by atoms with Crippen LogP contribution in [0, 0.1) is 0 Å². The molecule has 1 saturated carbocycles. The van der Waals surface area contributed by atoms with Gasteiger partial charge in [0.15, 0.2) is 0 Å². The molecule has 1 aliphatic rings. The predicted octanol–water partition coefficient (Wildman–Crippen LogP) is 4.64. The highest BCUT2D eigenvalue weighted by atomic mass is 79.9. The Hall–Kier alpha value is -0.830. The van der Waals surface area contributed by atoms with Crippen molar-refractivity contribution in [2.24, 2.45) is 0 Å². The maximum Gasteiger partial charge on any atom is 0.251 e. The van der Waals surface area contributed by atoms with Crippen molar-refractivity contribution < 1.29 is 4.79 Å². The normalized spacial score (nSPS) is 23.4. The second-order valence-electron chi connectivity index (χ2n) is 6.01. The summed E-state index contributed by atoms with van der Waals surface area (Å²) in [6.07, 6.45) is 5.96. The highest BCUT2D eigenvalue weighted by molar-refractivity contribution is 9.09. The van der Waals surface area contributed by atoms with Crippen molar-refractivity contribution in [3.63, 3.8) is 0 Å². The first-order valence-electron chi connectivity index (χ1n) is 7.63. The minimum absolute atomic E-state index is 0.0525. The first kappa shape index (κ1) is 15.6. The lowest BCUT2D eigenvalue weighted by Crippen LogP contribution is -2.40. The lowest BCUT2D eigenvalue weighted by atomic mass is 10.0. The fourth-order valence-corrected chi connectivity index (χ4v) is 3.42. The number of rotatable bonds is 3. The third-order valence-electron chi connectivity index (χ3n) is 4.09. The van der Waals surface area contributed by atoms with Gasteiger partial charge in [-0.3, -0.25) is 4.79 Å². The third kappa shape index (κ3) is 4.08. The van der Waals surface area contributed by atoms with Crippen LogP contribution in [-0.2, 0) is 0 Å². The number of carbonyl (C=O) groups excluding carboxylic acids is 1. The van der Waals surface area contributed by atoms with Gasteiger partial charge in [-0.05, 0) is 36.5 Å². The van der Waals surface area contributed by atoms with E-state index in [0.717, 1.165) is 18.4 Å². The minimum Gasteiger partial charge on any atom is -0.348 e. The molecule has 0 aromatic heterocycles. The quantitative estimate of drug-likeness (QED) is 0.631. The maximum atomic E-state index is 12.3. The second-order valence-corrected chi connectivity index (χ2v) is 7.19. The molecule has 2 unspecified atom stereocenters. The zero-order chi connectivity index (χ0) is 14.5. The maximum absolute atomic E-state index is 12.3. The molecule has 1 aromatic carbocycles. The summed E-state index contributed by atoms with van der Waals surface area (Å²) in [6.45, 7) is 4.33. The number of alkyl halides is 1. The van der Waals surface area contributed by atoms with E-state index in [2.05, 4.69) is 47.2 Å². The van der Waals surface area contributed by atoms with Gasteiger partial charge in [-0.25, -0.2) is 0 Å². The van der Waals surface area contributed by atoms with Crippen LogP contribution >= 0.6 is 15.9 Å². The van der Waals surface area contributed by atoms with Crippen molar-refractivity contribution in [3.8, 4) is 0 Å². The molecule has 0 heterocycles. The smallest absolute Gasteiger partial charge is 0.251 e. The lowest BCUT2D eigenvalue weighted by Gasteiger charge is -2.21. The van der Waals surface area contributed by atoms with Crippen molar-refractivity contribution in [1.29, 1.82) is 0 Å². The van der Waals surface area contributed by atoms with Crippen LogP contribution in [0.1, 0.15) is 67.8 Å². The van der Waals surface area contributed by atoms with Crippen molar-refractivity contribution in [1.82, 2.24) is 5.32 Å². The van der Waals surface area contributed by atoms with Crippen LogP contribution in [0.15, 0.2) is 24.3 Å². The van der Waals surface area contributed by atoms with Gasteiger partial charge in [-0.15, -0.1) is 0 Å². The van der Waals surface area contributed by atoms with E-state index in [9.17, 15) is 4.79 Å². The Morgan fingerprint density at radius 3 is 2.45 bits per heavy atom. The molecule has 3 heteroatoms. The van der Waals surface area contributed by atoms with Gasteiger partial charge in [0.1, 0.15) is 0 Å².